The van der Waals surface area contributed by atoms with Crippen molar-refractivity contribution < 1.29 is 28.7 Å². The summed E-state index contributed by atoms with van der Waals surface area (Å²) in [6, 6.07) is 28.2. The molecule has 1 atom stereocenters. The third kappa shape index (κ3) is 4.43. The number of hydrogen-bond donors (Lipinski definition) is 0. The van der Waals surface area contributed by atoms with Gasteiger partial charge in [-0.25, -0.2) is 4.79 Å². The number of ether oxygens (including phenoxy) is 2. The standard InChI is InChI=1S/C31H31O6P/c1-21(32)31(22(2)33)26(28(34)36-30(3,4)5)27(29(35)37-31)38(23-15-9-6-10-16-23,24-17-11-7-12-18-24)25-19-13-8-14-20-25/h6-20,26H,1-5H3. The highest BCUT2D eigenvalue weighted by Crippen LogP contribution is 2.52. The zero-order valence-corrected chi connectivity index (χ0v) is 23.0. The third-order valence-electron chi connectivity index (χ3n) is 6.62. The molecule has 0 saturated carbocycles. The Morgan fingerprint density at radius 1 is 0.737 bits per heavy atom. The van der Waals surface area contributed by atoms with E-state index in [1.165, 1.54) is 13.8 Å². The lowest BCUT2D eigenvalue weighted by atomic mass is 9.81. The lowest BCUT2D eigenvalue weighted by Crippen LogP contribution is -2.54. The van der Waals surface area contributed by atoms with Gasteiger partial charge in [0.15, 0.2) is 11.6 Å². The molecule has 196 valence electrons. The van der Waals surface area contributed by atoms with Crippen LogP contribution in [0.15, 0.2) is 91.0 Å². The van der Waals surface area contributed by atoms with E-state index in [9.17, 15) is 19.2 Å². The number of ketones is 2. The molecule has 1 aliphatic heterocycles. The molecular formula is C31H31O6P. The molecule has 1 heterocycles. The Kier molecular flexibility index (Phi) is 7.31. The van der Waals surface area contributed by atoms with Crippen molar-refractivity contribution in [1.82, 2.24) is 0 Å². The number of rotatable bonds is 6. The van der Waals surface area contributed by atoms with Crippen LogP contribution in [0.3, 0.4) is 0 Å². The van der Waals surface area contributed by atoms with E-state index in [0.29, 0.717) is 0 Å². The predicted molar refractivity (Wildman–Crippen MR) is 150 cm³/mol. The quantitative estimate of drug-likeness (QED) is 0.275. The minimum Gasteiger partial charge on any atom is -0.459 e. The van der Waals surface area contributed by atoms with Gasteiger partial charge in [0.1, 0.15) is 11.5 Å². The summed E-state index contributed by atoms with van der Waals surface area (Å²) in [5.74, 6) is -4.72. The van der Waals surface area contributed by atoms with Crippen LogP contribution < -0.4 is 15.9 Å². The highest BCUT2D eigenvalue weighted by atomic mass is 31.2. The second-order valence-electron chi connectivity index (χ2n) is 10.3. The van der Waals surface area contributed by atoms with E-state index in [0.717, 1.165) is 15.9 Å². The molecule has 1 saturated heterocycles. The third-order valence-corrected chi connectivity index (χ3v) is 11.0. The maximum Gasteiger partial charge on any atom is 0.337 e. The fraction of sp³-hybridized carbons (Fsp3) is 0.258. The van der Waals surface area contributed by atoms with Gasteiger partial charge in [0, 0.05) is 0 Å². The zero-order valence-electron chi connectivity index (χ0n) is 22.1. The second kappa shape index (κ2) is 10.2. The SMILES string of the molecule is CC(=O)C1(C(C)=O)OC(=O)C(=P(c2ccccc2)(c2ccccc2)c2ccccc2)C1C(=O)OC(C)(C)C. The van der Waals surface area contributed by atoms with Crippen LogP contribution in [-0.2, 0) is 28.7 Å². The van der Waals surface area contributed by atoms with E-state index in [2.05, 4.69) is 0 Å². The molecule has 1 unspecified atom stereocenters. The minimum absolute atomic E-state index is 0.0701. The van der Waals surface area contributed by atoms with Crippen molar-refractivity contribution >= 4 is 51.6 Å². The predicted octanol–water partition coefficient (Wildman–Crippen LogP) is 3.58. The number of benzene rings is 3. The molecule has 3 aromatic rings. The summed E-state index contributed by atoms with van der Waals surface area (Å²) in [6.45, 7) is 4.27. The number of Topliss-reactive ketones (excluding diaryl/α,β-unsaturated/α-hetero) is 2. The van der Waals surface area contributed by atoms with Crippen LogP contribution in [0.5, 0.6) is 0 Å². The van der Waals surface area contributed by atoms with Crippen molar-refractivity contribution in [3.05, 3.63) is 91.0 Å². The normalized spacial score (nSPS) is 17.0. The maximum absolute atomic E-state index is 14.1. The molecule has 0 N–H and O–H groups in total. The number of esters is 2. The van der Waals surface area contributed by atoms with Gasteiger partial charge < -0.3 is 9.47 Å². The zero-order chi connectivity index (χ0) is 27.7. The Labute approximate surface area is 222 Å². The lowest BCUT2D eigenvalue weighted by Gasteiger charge is -2.34. The van der Waals surface area contributed by atoms with Gasteiger partial charge in [-0.1, -0.05) is 91.0 Å². The van der Waals surface area contributed by atoms with Crippen molar-refractivity contribution in [2.45, 2.75) is 45.8 Å². The monoisotopic (exact) mass is 530 g/mol. The number of carbonyl (C=O) groups is 4. The van der Waals surface area contributed by atoms with E-state index in [-0.39, 0.29) is 5.29 Å². The minimum atomic E-state index is -3.15. The van der Waals surface area contributed by atoms with E-state index >= 15 is 0 Å². The Morgan fingerprint density at radius 3 is 1.42 bits per heavy atom. The smallest absolute Gasteiger partial charge is 0.337 e. The topological polar surface area (TPSA) is 86.7 Å². The molecule has 7 heteroatoms. The first-order chi connectivity index (χ1) is 18.0. The Hall–Kier alpha value is -3.76. The fourth-order valence-electron chi connectivity index (χ4n) is 5.15. The van der Waals surface area contributed by atoms with Gasteiger partial charge in [-0.2, -0.15) is 0 Å². The van der Waals surface area contributed by atoms with Crippen LogP contribution >= 0.6 is 6.89 Å². The highest BCUT2D eigenvalue weighted by molar-refractivity contribution is 7.96. The molecule has 1 fully saturated rings. The summed E-state index contributed by atoms with van der Waals surface area (Å²) in [5.41, 5.74) is -3.27. The Morgan fingerprint density at radius 2 is 1.11 bits per heavy atom. The summed E-state index contributed by atoms with van der Waals surface area (Å²) in [4.78, 5) is 54.5. The molecular weight excluding hydrogens is 499 g/mol. The number of carbonyl (C=O) groups excluding carboxylic acids is 4. The van der Waals surface area contributed by atoms with Crippen molar-refractivity contribution in [3.63, 3.8) is 0 Å². The molecule has 4 rings (SSSR count). The summed E-state index contributed by atoms with van der Waals surface area (Å²) in [5, 5.41) is 2.41. The van der Waals surface area contributed by atoms with Crippen LogP contribution in [0.2, 0.25) is 0 Å². The van der Waals surface area contributed by atoms with E-state index < -0.39 is 47.5 Å². The molecule has 1 aliphatic rings. The maximum atomic E-state index is 14.1. The molecule has 0 aromatic heterocycles. The second-order valence-corrected chi connectivity index (χ2v) is 13.6. The van der Waals surface area contributed by atoms with Crippen LogP contribution in [0, 0.1) is 5.92 Å². The lowest BCUT2D eigenvalue weighted by molar-refractivity contribution is -0.175. The molecule has 0 radical (unpaired) electrons. The van der Waals surface area contributed by atoms with Gasteiger partial charge in [0.25, 0.3) is 0 Å². The summed E-state index contributed by atoms with van der Waals surface area (Å²) in [6.07, 6.45) is 0. The van der Waals surface area contributed by atoms with Crippen molar-refractivity contribution in [1.29, 1.82) is 0 Å². The van der Waals surface area contributed by atoms with Crippen LogP contribution in [-0.4, -0.2) is 40.0 Å². The van der Waals surface area contributed by atoms with Crippen molar-refractivity contribution in [2.24, 2.45) is 5.92 Å². The Balaban J connectivity index is 2.31. The molecule has 0 spiro atoms. The first kappa shape index (κ1) is 27.3. The van der Waals surface area contributed by atoms with Crippen LogP contribution in [0.4, 0.5) is 0 Å². The van der Waals surface area contributed by atoms with Crippen LogP contribution in [0.1, 0.15) is 34.6 Å². The van der Waals surface area contributed by atoms with Crippen molar-refractivity contribution in [2.75, 3.05) is 0 Å². The van der Waals surface area contributed by atoms with Gasteiger partial charge in [0.05, 0.1) is 5.29 Å². The van der Waals surface area contributed by atoms with Gasteiger partial charge in [-0.15, -0.1) is 0 Å². The summed E-state index contributed by atoms with van der Waals surface area (Å²) < 4.78 is 11.5. The van der Waals surface area contributed by atoms with Crippen molar-refractivity contribution in [3.8, 4) is 0 Å². The fourth-order valence-corrected chi connectivity index (χ4v) is 9.74. The molecule has 6 nitrogen and oxygen atoms in total. The average molecular weight is 531 g/mol. The van der Waals surface area contributed by atoms with Gasteiger partial charge in [-0.05, 0) is 57.4 Å². The first-order valence-electron chi connectivity index (χ1n) is 12.4. The number of hydrogen-bond acceptors (Lipinski definition) is 6. The molecule has 0 aliphatic carbocycles. The summed E-state index contributed by atoms with van der Waals surface area (Å²) >= 11 is 0. The van der Waals surface area contributed by atoms with E-state index in [1.54, 1.807) is 20.8 Å². The largest absolute Gasteiger partial charge is 0.459 e. The Bertz CT molecular complexity index is 1320. The molecule has 38 heavy (non-hydrogen) atoms. The highest BCUT2D eigenvalue weighted by Gasteiger charge is 2.65. The van der Waals surface area contributed by atoms with Crippen LogP contribution in [0.25, 0.3) is 0 Å². The average Bonchev–Trinajstić information content (AvgIpc) is 3.20. The molecule has 3 aromatic carbocycles. The molecule has 0 amide bonds. The van der Waals surface area contributed by atoms with E-state index in [4.69, 9.17) is 9.47 Å². The molecule has 0 bridgehead atoms. The van der Waals surface area contributed by atoms with Gasteiger partial charge >= 0.3 is 11.9 Å². The summed E-state index contributed by atoms with van der Waals surface area (Å²) in [7, 11) is 0. The van der Waals surface area contributed by atoms with Gasteiger partial charge in [0.2, 0.25) is 5.60 Å². The van der Waals surface area contributed by atoms with E-state index in [1.807, 2.05) is 91.0 Å². The first-order valence-corrected chi connectivity index (χ1v) is 14.2. The number of cyclic esters (lactones) is 1. The van der Waals surface area contributed by atoms with Gasteiger partial charge in [-0.3, -0.25) is 14.4 Å².